The second kappa shape index (κ2) is 7.54. The molecule has 2 heterocycles. The van der Waals surface area contributed by atoms with E-state index in [0.717, 1.165) is 27.7 Å². The highest BCUT2D eigenvalue weighted by Crippen LogP contribution is 2.36. The molecule has 0 radical (unpaired) electrons. The number of ether oxygens (including phenoxy) is 2. The molecule has 2 aromatic carbocycles. The van der Waals surface area contributed by atoms with Crippen LogP contribution < -0.4 is 19.6 Å². The molecule has 4 rings (SSSR count). The Kier molecular flexibility index (Phi) is 5.07. The van der Waals surface area contributed by atoms with Crippen molar-refractivity contribution in [2.75, 3.05) is 13.7 Å². The number of rotatable bonds is 4. The highest BCUT2D eigenvalue weighted by atomic mass is 79.9. The van der Waals surface area contributed by atoms with Gasteiger partial charge in [0.1, 0.15) is 6.61 Å². The zero-order chi connectivity index (χ0) is 20.7. The molecule has 0 aliphatic heterocycles. The smallest absolute Gasteiger partial charge is 0.274 e. The van der Waals surface area contributed by atoms with Crippen LogP contribution in [0.25, 0.3) is 22.1 Å². The maximum Gasteiger partial charge on any atom is 0.274 e. The maximum atomic E-state index is 13.1. The van der Waals surface area contributed by atoms with Gasteiger partial charge in [0.25, 0.3) is 5.56 Å². The van der Waals surface area contributed by atoms with Crippen molar-refractivity contribution in [3.05, 3.63) is 60.3 Å². The van der Waals surface area contributed by atoms with E-state index < -0.39 is 0 Å². The van der Waals surface area contributed by atoms with Crippen molar-refractivity contribution in [3.8, 4) is 23.8 Å². The van der Waals surface area contributed by atoms with Crippen LogP contribution in [0.5, 0.6) is 11.5 Å². The molecule has 0 unspecified atom stereocenters. The molecule has 0 saturated carbocycles. The van der Waals surface area contributed by atoms with Gasteiger partial charge in [-0.05, 0) is 70.7 Å². The summed E-state index contributed by atoms with van der Waals surface area (Å²) in [5.74, 6) is 3.50. The van der Waals surface area contributed by atoms with Crippen LogP contribution in [-0.2, 0) is 0 Å². The van der Waals surface area contributed by atoms with E-state index in [1.807, 2.05) is 38.1 Å². The fourth-order valence-corrected chi connectivity index (χ4v) is 4.89. The number of hydrogen-bond acceptors (Lipinski definition) is 5. The fraction of sp³-hybridized carbons (Fsp3) is 0.182. The zero-order valence-electron chi connectivity index (χ0n) is 16.1. The maximum absolute atomic E-state index is 13.1. The molecule has 0 saturated heterocycles. The molecule has 0 aliphatic carbocycles. The second-order valence-corrected chi connectivity index (χ2v) is 8.49. The Morgan fingerprint density at radius 3 is 2.83 bits per heavy atom. The van der Waals surface area contributed by atoms with Crippen LogP contribution in [-0.4, -0.2) is 23.1 Å². The molecule has 4 aromatic rings. The summed E-state index contributed by atoms with van der Waals surface area (Å²) >= 11 is 4.86. The molecule has 0 bridgehead atoms. The fourth-order valence-electron chi connectivity index (χ4n) is 3.34. The van der Waals surface area contributed by atoms with Crippen molar-refractivity contribution in [1.82, 2.24) is 9.38 Å². The quantitative estimate of drug-likeness (QED) is 0.426. The largest absolute Gasteiger partial charge is 0.493 e. The highest BCUT2D eigenvalue weighted by Gasteiger charge is 2.14. The zero-order valence-corrected chi connectivity index (χ0v) is 18.5. The van der Waals surface area contributed by atoms with Gasteiger partial charge in [-0.1, -0.05) is 23.3 Å². The molecule has 0 N–H and O–H groups in total. The average Bonchev–Trinajstić information content (AvgIpc) is 3.18. The summed E-state index contributed by atoms with van der Waals surface area (Å²) < 4.78 is 13.9. The molecule has 0 spiro atoms. The van der Waals surface area contributed by atoms with Crippen LogP contribution in [0, 0.1) is 26.2 Å². The summed E-state index contributed by atoms with van der Waals surface area (Å²) in [5, 5.41) is 0. The molecule has 0 aliphatic rings. The number of terminal acetylenes is 1. The Morgan fingerprint density at radius 2 is 2.10 bits per heavy atom. The third-order valence-corrected chi connectivity index (χ3v) is 6.09. The summed E-state index contributed by atoms with van der Waals surface area (Å²) in [6.07, 6.45) is 7.10. The van der Waals surface area contributed by atoms with Crippen LogP contribution >= 0.6 is 27.3 Å². The van der Waals surface area contributed by atoms with Gasteiger partial charge in [0, 0.05) is 0 Å². The monoisotopic (exact) mass is 468 g/mol. The molecular weight excluding hydrogens is 452 g/mol. The lowest BCUT2D eigenvalue weighted by atomic mass is 10.1. The number of aryl methyl sites for hydroxylation is 2. The van der Waals surface area contributed by atoms with Crippen LogP contribution in [0.4, 0.5) is 0 Å². The van der Waals surface area contributed by atoms with Crippen molar-refractivity contribution in [2.45, 2.75) is 13.8 Å². The first-order valence-corrected chi connectivity index (χ1v) is 10.4. The van der Waals surface area contributed by atoms with Crippen molar-refractivity contribution < 1.29 is 9.47 Å². The van der Waals surface area contributed by atoms with Crippen LogP contribution in [0.2, 0.25) is 0 Å². The Bertz CT molecular complexity index is 1410. The first kappa shape index (κ1) is 19.5. The molecule has 5 nitrogen and oxygen atoms in total. The van der Waals surface area contributed by atoms with Crippen molar-refractivity contribution in [3.63, 3.8) is 0 Å². The minimum Gasteiger partial charge on any atom is -0.493 e. The Hall–Kier alpha value is -2.82. The van der Waals surface area contributed by atoms with Gasteiger partial charge in [-0.25, -0.2) is 9.38 Å². The molecule has 0 atom stereocenters. The van der Waals surface area contributed by atoms with Crippen LogP contribution in [0.1, 0.15) is 16.7 Å². The third kappa shape index (κ3) is 3.39. The normalized spacial score (nSPS) is 11.9. The number of halogens is 1. The van der Waals surface area contributed by atoms with Gasteiger partial charge in [-0.2, -0.15) is 0 Å². The summed E-state index contributed by atoms with van der Waals surface area (Å²) in [4.78, 5) is 18.4. The lowest BCUT2D eigenvalue weighted by molar-refractivity contribution is 0.329. The Balaban J connectivity index is 1.89. The van der Waals surface area contributed by atoms with Crippen LogP contribution in [0.15, 0.2) is 33.5 Å². The topological polar surface area (TPSA) is 52.8 Å². The molecule has 2 aromatic heterocycles. The first-order chi connectivity index (χ1) is 13.9. The van der Waals surface area contributed by atoms with Gasteiger partial charge >= 0.3 is 0 Å². The summed E-state index contributed by atoms with van der Waals surface area (Å²) in [5.41, 5.74) is 4.60. The van der Waals surface area contributed by atoms with Gasteiger partial charge < -0.3 is 9.47 Å². The van der Waals surface area contributed by atoms with Crippen molar-refractivity contribution >= 4 is 49.3 Å². The number of nitrogens with zero attached hydrogens (tertiary/aromatic N) is 2. The predicted octanol–water partition coefficient (Wildman–Crippen LogP) is 3.86. The van der Waals surface area contributed by atoms with Gasteiger partial charge in [0.05, 0.1) is 27.1 Å². The Morgan fingerprint density at radius 1 is 1.31 bits per heavy atom. The van der Waals surface area contributed by atoms with E-state index in [-0.39, 0.29) is 12.2 Å². The van der Waals surface area contributed by atoms with E-state index in [9.17, 15) is 4.79 Å². The SMILES string of the molecule is C#CCOc1c(Br)cc(/C=c2\sc3nc4c(C)cc(C)cc4n3c2=O)cc1OC. The third-order valence-electron chi connectivity index (χ3n) is 4.53. The standard InChI is InChI=1S/C22H17BrN2O3S/c1-5-6-28-20-15(23)9-14(10-17(20)27-4)11-18-21(26)25-16-8-12(2)7-13(3)19(16)24-22(25)29-18/h1,7-11H,6H2,2-4H3/b18-11-. The van der Waals surface area contributed by atoms with E-state index in [1.165, 1.54) is 11.3 Å². The van der Waals surface area contributed by atoms with Gasteiger partial charge in [0.2, 0.25) is 0 Å². The predicted molar refractivity (Wildman–Crippen MR) is 120 cm³/mol. The van der Waals surface area contributed by atoms with Crippen molar-refractivity contribution in [1.29, 1.82) is 0 Å². The van der Waals surface area contributed by atoms with Gasteiger partial charge in [-0.3, -0.25) is 4.79 Å². The number of imidazole rings is 1. The number of aromatic nitrogens is 2. The van der Waals surface area contributed by atoms with Crippen molar-refractivity contribution in [2.24, 2.45) is 0 Å². The lowest BCUT2D eigenvalue weighted by Crippen LogP contribution is -2.22. The van der Waals surface area contributed by atoms with Gasteiger partial charge in [0.15, 0.2) is 16.5 Å². The lowest BCUT2D eigenvalue weighted by Gasteiger charge is -2.11. The Labute approximate surface area is 179 Å². The van der Waals surface area contributed by atoms with E-state index in [1.54, 1.807) is 11.5 Å². The number of thiazole rings is 1. The van der Waals surface area contributed by atoms with E-state index in [2.05, 4.69) is 32.9 Å². The highest BCUT2D eigenvalue weighted by molar-refractivity contribution is 9.10. The number of fused-ring (bicyclic) bond motifs is 3. The summed E-state index contributed by atoms with van der Waals surface area (Å²) in [6.45, 7) is 4.16. The number of benzene rings is 2. The van der Waals surface area contributed by atoms with E-state index in [4.69, 9.17) is 15.9 Å². The van der Waals surface area contributed by atoms with Gasteiger partial charge in [-0.15, -0.1) is 6.42 Å². The summed E-state index contributed by atoms with van der Waals surface area (Å²) in [7, 11) is 1.56. The molecule has 7 heteroatoms. The van der Waals surface area contributed by atoms with E-state index in [0.29, 0.717) is 25.5 Å². The molecule has 146 valence electrons. The molecule has 29 heavy (non-hydrogen) atoms. The van der Waals surface area contributed by atoms with Crippen LogP contribution in [0.3, 0.4) is 0 Å². The molecule has 0 fully saturated rings. The number of methoxy groups -OCH3 is 1. The molecular formula is C22H17BrN2O3S. The minimum absolute atomic E-state index is 0.0831. The van der Waals surface area contributed by atoms with E-state index >= 15 is 0 Å². The minimum atomic E-state index is -0.0831. The average molecular weight is 469 g/mol. The number of hydrogen-bond donors (Lipinski definition) is 0. The second-order valence-electron chi connectivity index (χ2n) is 6.62. The first-order valence-electron chi connectivity index (χ1n) is 8.80. The molecule has 0 amide bonds. The summed E-state index contributed by atoms with van der Waals surface area (Å²) in [6, 6.07) is 7.75.